The van der Waals surface area contributed by atoms with E-state index in [-0.39, 0.29) is 5.92 Å². The minimum absolute atomic E-state index is 0.160. The molecule has 0 aromatic carbocycles. The standard InChI is InChI=1S/C15H23N3O2/c1-12(13-9-16-10-13)15(19)18-6-4-17(5-7-18)11-14-3-2-8-20-14/h2-3,8,12-13,16H,4-7,9-11H2,1H3. The summed E-state index contributed by atoms with van der Waals surface area (Å²) in [5.41, 5.74) is 0. The average molecular weight is 277 g/mol. The van der Waals surface area contributed by atoms with Gasteiger partial charge in [0.05, 0.1) is 12.8 Å². The van der Waals surface area contributed by atoms with E-state index in [0.29, 0.717) is 11.8 Å². The Morgan fingerprint density at radius 3 is 2.70 bits per heavy atom. The van der Waals surface area contributed by atoms with Crippen LogP contribution in [0.2, 0.25) is 0 Å². The van der Waals surface area contributed by atoms with E-state index in [1.165, 1.54) is 0 Å². The average Bonchev–Trinajstić information content (AvgIpc) is 2.89. The van der Waals surface area contributed by atoms with Gasteiger partial charge in [-0.2, -0.15) is 0 Å². The molecule has 2 aliphatic heterocycles. The maximum absolute atomic E-state index is 12.4. The fraction of sp³-hybridized carbons (Fsp3) is 0.667. The number of piperazine rings is 1. The van der Waals surface area contributed by atoms with Crippen molar-refractivity contribution in [2.45, 2.75) is 13.5 Å². The maximum atomic E-state index is 12.4. The Hall–Kier alpha value is -1.33. The van der Waals surface area contributed by atoms with Crippen LogP contribution in [0.1, 0.15) is 12.7 Å². The number of hydrogen-bond donors (Lipinski definition) is 1. The third kappa shape index (κ3) is 2.88. The van der Waals surface area contributed by atoms with Gasteiger partial charge in [-0.15, -0.1) is 0 Å². The fourth-order valence-electron chi connectivity index (χ4n) is 2.90. The molecule has 1 unspecified atom stereocenters. The Morgan fingerprint density at radius 2 is 2.15 bits per heavy atom. The van der Waals surface area contributed by atoms with E-state index in [0.717, 1.165) is 51.6 Å². The van der Waals surface area contributed by atoms with Gasteiger partial charge in [0.1, 0.15) is 5.76 Å². The zero-order valence-corrected chi connectivity index (χ0v) is 12.0. The van der Waals surface area contributed by atoms with Crippen molar-refractivity contribution in [3.63, 3.8) is 0 Å². The third-order valence-corrected chi connectivity index (χ3v) is 4.55. The van der Waals surface area contributed by atoms with Gasteiger partial charge in [0.2, 0.25) is 5.91 Å². The van der Waals surface area contributed by atoms with Crippen LogP contribution in [0.4, 0.5) is 0 Å². The van der Waals surface area contributed by atoms with Crippen molar-refractivity contribution in [1.29, 1.82) is 0 Å². The van der Waals surface area contributed by atoms with Crippen LogP contribution in [0.3, 0.4) is 0 Å². The van der Waals surface area contributed by atoms with Gasteiger partial charge in [0, 0.05) is 32.1 Å². The second-order valence-electron chi connectivity index (χ2n) is 5.89. The molecule has 1 aromatic rings. The molecular weight excluding hydrogens is 254 g/mol. The lowest BCUT2D eigenvalue weighted by Crippen LogP contribution is -2.54. The Morgan fingerprint density at radius 1 is 1.40 bits per heavy atom. The molecule has 5 nitrogen and oxygen atoms in total. The predicted octanol–water partition coefficient (Wildman–Crippen LogP) is 0.779. The van der Waals surface area contributed by atoms with Gasteiger partial charge in [-0.25, -0.2) is 0 Å². The summed E-state index contributed by atoms with van der Waals surface area (Å²) >= 11 is 0. The quantitative estimate of drug-likeness (QED) is 0.883. The molecule has 1 N–H and O–H groups in total. The number of rotatable bonds is 4. The van der Waals surface area contributed by atoms with Crippen molar-refractivity contribution in [1.82, 2.24) is 15.1 Å². The maximum Gasteiger partial charge on any atom is 0.225 e. The van der Waals surface area contributed by atoms with E-state index >= 15 is 0 Å². The molecular formula is C15H23N3O2. The number of amides is 1. The summed E-state index contributed by atoms with van der Waals surface area (Å²) in [7, 11) is 0. The number of carbonyl (C=O) groups is 1. The zero-order valence-electron chi connectivity index (χ0n) is 12.0. The first-order valence-electron chi connectivity index (χ1n) is 7.48. The highest BCUT2D eigenvalue weighted by molar-refractivity contribution is 5.79. The fourth-order valence-corrected chi connectivity index (χ4v) is 2.90. The van der Waals surface area contributed by atoms with Gasteiger partial charge in [0.25, 0.3) is 0 Å². The lowest BCUT2D eigenvalue weighted by Gasteiger charge is -2.39. The highest BCUT2D eigenvalue weighted by atomic mass is 16.3. The van der Waals surface area contributed by atoms with Crippen molar-refractivity contribution in [2.75, 3.05) is 39.3 Å². The highest BCUT2D eigenvalue weighted by Crippen LogP contribution is 2.19. The molecule has 0 bridgehead atoms. The van der Waals surface area contributed by atoms with E-state index in [1.54, 1.807) is 6.26 Å². The third-order valence-electron chi connectivity index (χ3n) is 4.55. The summed E-state index contributed by atoms with van der Waals surface area (Å²) in [6.07, 6.45) is 1.71. The minimum Gasteiger partial charge on any atom is -0.468 e. The summed E-state index contributed by atoms with van der Waals surface area (Å²) in [6.45, 7) is 8.44. The second-order valence-corrected chi connectivity index (χ2v) is 5.89. The molecule has 3 rings (SSSR count). The largest absolute Gasteiger partial charge is 0.468 e. The van der Waals surface area contributed by atoms with Crippen LogP contribution in [-0.4, -0.2) is 55.0 Å². The van der Waals surface area contributed by atoms with Gasteiger partial charge in [-0.05, 0) is 31.1 Å². The van der Waals surface area contributed by atoms with Crippen LogP contribution in [-0.2, 0) is 11.3 Å². The smallest absolute Gasteiger partial charge is 0.225 e. The zero-order chi connectivity index (χ0) is 13.9. The number of carbonyl (C=O) groups excluding carboxylic acids is 1. The van der Waals surface area contributed by atoms with Crippen LogP contribution in [0.5, 0.6) is 0 Å². The molecule has 5 heteroatoms. The predicted molar refractivity (Wildman–Crippen MR) is 76.1 cm³/mol. The van der Waals surface area contributed by atoms with Crippen molar-refractivity contribution < 1.29 is 9.21 Å². The lowest BCUT2D eigenvalue weighted by molar-refractivity contribution is -0.139. The summed E-state index contributed by atoms with van der Waals surface area (Å²) in [5.74, 6) is 2.02. The first-order chi connectivity index (χ1) is 9.74. The normalized spacial score (nSPS) is 22.6. The highest BCUT2D eigenvalue weighted by Gasteiger charge is 2.32. The van der Waals surface area contributed by atoms with E-state index in [1.807, 2.05) is 17.0 Å². The molecule has 110 valence electrons. The van der Waals surface area contributed by atoms with Gasteiger partial charge in [-0.3, -0.25) is 9.69 Å². The molecule has 2 aliphatic rings. The monoisotopic (exact) mass is 277 g/mol. The molecule has 0 spiro atoms. The summed E-state index contributed by atoms with van der Waals surface area (Å²) in [5, 5.41) is 3.24. The summed E-state index contributed by atoms with van der Waals surface area (Å²) < 4.78 is 5.37. The lowest BCUT2D eigenvalue weighted by atomic mass is 9.88. The molecule has 2 fully saturated rings. The second kappa shape index (κ2) is 5.97. The molecule has 3 heterocycles. The van der Waals surface area contributed by atoms with E-state index < -0.39 is 0 Å². The molecule has 0 saturated carbocycles. The molecule has 1 aromatic heterocycles. The van der Waals surface area contributed by atoms with E-state index in [9.17, 15) is 4.79 Å². The van der Waals surface area contributed by atoms with Crippen molar-refractivity contribution in [3.05, 3.63) is 24.2 Å². The Labute approximate surface area is 119 Å². The molecule has 20 heavy (non-hydrogen) atoms. The van der Waals surface area contributed by atoms with Crippen LogP contribution >= 0.6 is 0 Å². The first-order valence-corrected chi connectivity index (χ1v) is 7.48. The number of furan rings is 1. The Balaban J connectivity index is 1.46. The van der Waals surface area contributed by atoms with Crippen molar-refractivity contribution in [2.24, 2.45) is 11.8 Å². The van der Waals surface area contributed by atoms with Crippen molar-refractivity contribution in [3.8, 4) is 0 Å². The number of hydrogen-bond acceptors (Lipinski definition) is 4. The van der Waals surface area contributed by atoms with Crippen LogP contribution in [0.15, 0.2) is 22.8 Å². The van der Waals surface area contributed by atoms with Gasteiger partial charge < -0.3 is 14.6 Å². The first kappa shape index (κ1) is 13.6. The molecule has 1 atom stereocenters. The van der Waals surface area contributed by atoms with Crippen molar-refractivity contribution >= 4 is 5.91 Å². The van der Waals surface area contributed by atoms with Gasteiger partial charge >= 0.3 is 0 Å². The molecule has 0 radical (unpaired) electrons. The van der Waals surface area contributed by atoms with Gasteiger partial charge in [-0.1, -0.05) is 6.92 Å². The van der Waals surface area contributed by atoms with E-state index in [4.69, 9.17) is 4.42 Å². The molecule has 0 aliphatic carbocycles. The summed E-state index contributed by atoms with van der Waals surface area (Å²) in [6, 6.07) is 3.92. The molecule has 1 amide bonds. The van der Waals surface area contributed by atoms with Crippen LogP contribution in [0.25, 0.3) is 0 Å². The van der Waals surface area contributed by atoms with E-state index in [2.05, 4.69) is 17.1 Å². The minimum atomic E-state index is 0.160. The SMILES string of the molecule is CC(C(=O)N1CCN(Cc2ccco2)CC1)C1CNC1. The summed E-state index contributed by atoms with van der Waals surface area (Å²) in [4.78, 5) is 16.8. The number of nitrogens with one attached hydrogen (secondary N) is 1. The van der Waals surface area contributed by atoms with Gasteiger partial charge in [0.15, 0.2) is 0 Å². The topological polar surface area (TPSA) is 48.7 Å². The number of nitrogens with zero attached hydrogens (tertiary/aromatic N) is 2. The Kier molecular flexibility index (Phi) is 4.08. The molecule has 2 saturated heterocycles. The van der Waals surface area contributed by atoms with Crippen LogP contribution < -0.4 is 5.32 Å². The van der Waals surface area contributed by atoms with Crippen LogP contribution in [0, 0.1) is 11.8 Å². The Bertz CT molecular complexity index is 434.